The number of nitrogens with zero attached hydrogens (tertiary/aromatic N) is 7. The summed E-state index contributed by atoms with van der Waals surface area (Å²) in [4.78, 5) is 23.6. The fourth-order valence-corrected chi connectivity index (χ4v) is 18.9. The molecule has 0 saturated heterocycles. The Morgan fingerprint density at radius 3 is 1.20 bits per heavy atom. The first-order valence-corrected chi connectivity index (χ1v) is 44.4. The molecule has 10 aromatic carbocycles. The molecule has 5 aromatic heterocycles. The van der Waals surface area contributed by atoms with Gasteiger partial charge in [0.05, 0.1) is 62.4 Å². The second-order valence-electron chi connectivity index (χ2n) is 37.1. The van der Waals surface area contributed by atoms with Crippen LogP contribution in [0.25, 0.3) is 12.2 Å². The van der Waals surface area contributed by atoms with Crippen molar-refractivity contribution in [1.82, 2.24) is 0 Å². The van der Waals surface area contributed by atoms with E-state index >= 15 is 0 Å². The van der Waals surface area contributed by atoms with Gasteiger partial charge in [0.25, 0.3) is 0 Å². The Kier molecular flexibility index (Phi) is 24.1. The van der Waals surface area contributed by atoms with Crippen molar-refractivity contribution in [1.29, 1.82) is 0 Å². The molecule has 0 fully saturated rings. The quantitative estimate of drug-likeness (QED) is 0.151. The average Bonchev–Trinajstić information content (AvgIpc) is 1.50. The third-order valence-electron chi connectivity index (χ3n) is 24.3. The van der Waals surface area contributed by atoms with Crippen molar-refractivity contribution in [2.24, 2.45) is 10.2 Å². The van der Waals surface area contributed by atoms with Crippen LogP contribution in [0.1, 0.15) is 198 Å². The number of rotatable bonds is 5. The highest BCUT2D eigenvalue weighted by Crippen LogP contribution is 2.55. The highest BCUT2D eigenvalue weighted by molar-refractivity contribution is 6.03. The van der Waals surface area contributed by atoms with Gasteiger partial charge in [-0.2, -0.15) is 0 Å². The Balaban J connectivity index is 0.000000118. The van der Waals surface area contributed by atoms with Crippen molar-refractivity contribution in [2.75, 3.05) is 24.5 Å². The van der Waals surface area contributed by atoms with Gasteiger partial charge < -0.3 is 31.6 Å². The van der Waals surface area contributed by atoms with E-state index in [1.54, 1.807) is 12.1 Å². The van der Waals surface area contributed by atoms with Crippen LogP contribution in [0.2, 0.25) is 0 Å². The van der Waals surface area contributed by atoms with Gasteiger partial charge >= 0.3 is 5.97 Å². The van der Waals surface area contributed by atoms with Gasteiger partial charge in [0.15, 0.2) is 11.5 Å². The highest BCUT2D eigenvalue weighted by Gasteiger charge is 2.37. The minimum Gasteiger partial charge on any atom is -0.483 e. The Hall–Kier alpha value is -13.8. The molecule has 15 nitrogen and oxygen atoms in total. The van der Waals surface area contributed by atoms with E-state index in [2.05, 4.69) is 319 Å². The van der Waals surface area contributed by atoms with Gasteiger partial charge in [-0.15, -0.1) is 10.2 Å². The third kappa shape index (κ3) is 17.4. The van der Waals surface area contributed by atoms with Crippen molar-refractivity contribution in [3.63, 3.8) is 0 Å². The van der Waals surface area contributed by atoms with Crippen molar-refractivity contribution in [2.45, 2.75) is 203 Å². The molecule has 0 bridgehead atoms. The zero-order valence-corrected chi connectivity index (χ0v) is 78.6. The summed E-state index contributed by atoms with van der Waals surface area (Å²) in [6.07, 6.45) is 7.64. The molecule has 0 amide bonds. The SMILES string of the molecule is Cc1cc(C)c(N2c3ccccc3C(=O)Oc3cc(C)oc32)c(C)c1.Cc1cc(C)c(N2c3ccccc3CCCc3cc(C)oc32)c(C)c1.Cc1cc(C)c(N2c3ccccc3COc3cc(C)oc32)c(C)c1.Cc1cc2c(o1)N(c1c(C)cc(C(C)(C)C)cc1C)c1ccccc1C=C2.Cc1cc2c(o1)N(c1c(C)cc(C(C)(C)C)cc1C)c1ccccc1N=N2. The van der Waals surface area contributed by atoms with Crippen LogP contribution in [0.3, 0.4) is 0 Å². The van der Waals surface area contributed by atoms with Crippen LogP contribution in [0.4, 0.5) is 97.7 Å². The second kappa shape index (κ2) is 35.2. The summed E-state index contributed by atoms with van der Waals surface area (Å²) in [5.41, 5.74) is 38.1. The lowest BCUT2D eigenvalue weighted by atomic mass is 9.84. The number of esters is 1. The van der Waals surface area contributed by atoms with Gasteiger partial charge in [-0.1, -0.05) is 204 Å². The molecule has 15 heteroatoms. The summed E-state index contributed by atoms with van der Waals surface area (Å²) in [6.45, 7) is 51.8. The molecule has 10 heterocycles. The summed E-state index contributed by atoms with van der Waals surface area (Å²) in [6, 6.07) is 73.5. The average molecular weight is 1700 g/mol. The molecule has 652 valence electrons. The topological polar surface area (TPSA) is 142 Å². The first-order valence-electron chi connectivity index (χ1n) is 44.4. The van der Waals surface area contributed by atoms with Gasteiger partial charge in [-0.3, -0.25) is 24.5 Å². The number of carbonyl (C=O) groups is 1. The van der Waals surface area contributed by atoms with Gasteiger partial charge in [0.2, 0.25) is 29.4 Å². The first-order chi connectivity index (χ1) is 61.0. The highest BCUT2D eigenvalue weighted by atomic mass is 16.5. The number of anilines is 15. The number of fused-ring (bicyclic) bond motifs is 10. The predicted octanol–water partition coefficient (Wildman–Crippen LogP) is 33.0. The summed E-state index contributed by atoms with van der Waals surface area (Å²) >= 11 is 0. The molecule has 128 heavy (non-hydrogen) atoms. The molecule has 0 spiro atoms. The number of aryl methyl sites for hydroxylation is 20. The molecule has 5 aliphatic rings. The van der Waals surface area contributed by atoms with Gasteiger partial charge in [0.1, 0.15) is 46.8 Å². The van der Waals surface area contributed by atoms with E-state index in [1.807, 2.05) is 94.1 Å². The van der Waals surface area contributed by atoms with Crippen molar-refractivity contribution >= 4 is 116 Å². The first kappa shape index (κ1) is 87.7. The van der Waals surface area contributed by atoms with E-state index < -0.39 is 0 Å². The van der Waals surface area contributed by atoms with Crippen LogP contribution in [-0.2, 0) is 30.3 Å². The van der Waals surface area contributed by atoms with E-state index in [4.69, 9.17) is 31.6 Å². The Morgan fingerprint density at radius 1 is 0.297 bits per heavy atom. The molecule has 0 aliphatic carbocycles. The van der Waals surface area contributed by atoms with E-state index in [0.29, 0.717) is 29.6 Å². The number of furan rings is 5. The van der Waals surface area contributed by atoms with E-state index in [1.165, 1.54) is 106 Å². The van der Waals surface area contributed by atoms with Crippen molar-refractivity contribution in [3.05, 3.63) is 358 Å². The zero-order chi connectivity index (χ0) is 90.8. The monoisotopic (exact) mass is 1700 g/mol. The maximum absolute atomic E-state index is 12.6. The smallest absolute Gasteiger partial charge is 0.345 e. The van der Waals surface area contributed by atoms with Crippen molar-refractivity contribution in [3.8, 4) is 11.5 Å². The molecule has 5 aliphatic heterocycles. The van der Waals surface area contributed by atoms with Crippen molar-refractivity contribution < 1.29 is 36.4 Å². The summed E-state index contributed by atoms with van der Waals surface area (Å²) in [5.74, 6) is 9.04. The van der Waals surface area contributed by atoms with E-state index in [0.717, 1.165) is 145 Å². The van der Waals surface area contributed by atoms with Crippen LogP contribution >= 0.6 is 0 Å². The standard InChI is InChI=1S/C25H27NO.C23H25N3O.C23H25NO.C21H19NO3.C21H21NO2/c1-16-13-21(25(4,5)6)14-17(2)23(16)26-22-10-8-7-9-19(22)11-12-20-15-18(3)27-24(20)26;1-14-11-17(23(4,5)6)12-15(2)21(14)26-20-10-8-7-9-18(20)24-25-19-13-16(3)27-22(19)26;1-15-12-16(2)22(17(3)13-15)24-21-11-6-5-8-19(21)9-7-10-20-14-18(4)25-23(20)24;1-12-9-13(2)19(14(3)10-12)22-17-8-6-5-7-16(17)21(23)25-18-11-15(4)24-20(18)22;1-13-9-14(2)20(15(3)10-13)22-18-8-6-5-7-17(18)12-23-19-11-16(4)24-21(19)22/h7-15H,1-6H3;7-13H,1-6H3;5-6,8,11-14H,7,9-10H2,1-4H3;5-11H,1-4H3;5-11H,12H2,1-4H3. The molecule has 15 aromatic rings. The molecular weight excluding hydrogens is 1580 g/mol. The number of benzene rings is 10. The van der Waals surface area contributed by atoms with Gasteiger partial charge in [-0.05, 0) is 293 Å². The number of azo groups is 1. The third-order valence-corrected chi connectivity index (χ3v) is 24.3. The molecule has 0 radical (unpaired) electrons. The predicted molar refractivity (Wildman–Crippen MR) is 524 cm³/mol. The zero-order valence-electron chi connectivity index (χ0n) is 78.6. The lowest BCUT2D eigenvalue weighted by Crippen LogP contribution is -2.17. The van der Waals surface area contributed by atoms with Crippen LogP contribution in [0, 0.1) is 125 Å². The Morgan fingerprint density at radius 2 is 0.656 bits per heavy atom. The molecule has 0 N–H and O–H groups in total. The Bertz CT molecular complexity index is 6560. The van der Waals surface area contributed by atoms with E-state index in [9.17, 15) is 4.79 Å². The summed E-state index contributed by atoms with van der Waals surface area (Å²) in [5, 5.41) is 8.89. The van der Waals surface area contributed by atoms with Crippen LogP contribution < -0.4 is 34.0 Å². The summed E-state index contributed by atoms with van der Waals surface area (Å²) in [7, 11) is 0. The number of carbonyl (C=O) groups excluding carboxylic acids is 1. The number of para-hydroxylation sites is 5. The number of hydrogen-bond acceptors (Lipinski definition) is 15. The van der Waals surface area contributed by atoms with Gasteiger partial charge in [0, 0.05) is 34.9 Å². The van der Waals surface area contributed by atoms with Crippen LogP contribution in [-0.4, -0.2) is 5.97 Å². The molecule has 0 unspecified atom stereocenters. The lowest BCUT2D eigenvalue weighted by molar-refractivity contribution is 0.0738. The normalized spacial score (nSPS) is 13.3. The number of ether oxygens (including phenoxy) is 2. The molecule has 20 rings (SSSR count). The molecule has 0 atom stereocenters. The molecular formula is C113H117N7O8. The van der Waals surface area contributed by atoms with Crippen LogP contribution in [0.5, 0.6) is 11.5 Å². The fourth-order valence-electron chi connectivity index (χ4n) is 18.9. The molecule has 0 saturated carbocycles. The minimum absolute atomic E-state index is 0.0990. The second-order valence-corrected chi connectivity index (χ2v) is 37.1. The summed E-state index contributed by atoms with van der Waals surface area (Å²) < 4.78 is 42.1. The van der Waals surface area contributed by atoms with Gasteiger partial charge in [-0.25, -0.2) is 4.79 Å². The van der Waals surface area contributed by atoms with Crippen LogP contribution in [0.15, 0.2) is 245 Å². The fraction of sp³-hybridized carbons (Fsp3) is 0.265. The minimum atomic E-state index is -0.373. The lowest BCUT2D eigenvalue weighted by Gasteiger charge is -2.30. The maximum Gasteiger partial charge on any atom is 0.345 e. The van der Waals surface area contributed by atoms with E-state index in [-0.39, 0.29) is 16.8 Å². The Labute approximate surface area is 754 Å². The maximum atomic E-state index is 12.6. The number of hydrogen-bond donors (Lipinski definition) is 0. The largest absolute Gasteiger partial charge is 0.483 e.